The van der Waals surface area contributed by atoms with Gasteiger partial charge in [-0.1, -0.05) is 60.7 Å². The second-order valence-corrected chi connectivity index (χ2v) is 7.16. The molecular formula is C24H20N2O2S. The molecule has 5 heteroatoms. The number of rotatable bonds is 5. The van der Waals surface area contributed by atoms with Crippen LogP contribution in [0.25, 0.3) is 0 Å². The molecule has 0 bridgehead atoms. The zero-order valence-corrected chi connectivity index (χ0v) is 16.7. The summed E-state index contributed by atoms with van der Waals surface area (Å²) in [5.41, 5.74) is 3.00. The Bertz CT molecular complexity index is 1060. The van der Waals surface area contributed by atoms with Crippen LogP contribution < -0.4 is 15.4 Å². The van der Waals surface area contributed by atoms with Crippen LogP contribution >= 0.6 is 12.2 Å². The largest absolute Gasteiger partial charge is 0.457 e. The quantitative estimate of drug-likeness (QED) is 0.458. The minimum Gasteiger partial charge on any atom is -0.457 e. The Labute approximate surface area is 175 Å². The standard InChI is InChI=1S/C24H20N2O2S/c1-16-21(23(27)18-8-4-2-5-9-18)22(26-24(29)25-16)17-12-14-20(15-13-17)28-19-10-6-3-7-11-19/h2-15,22H,1H3,(H2,25,26,29)/t22-/m0/s1. The number of carbonyl (C=O) groups is 1. The summed E-state index contributed by atoms with van der Waals surface area (Å²) < 4.78 is 5.87. The van der Waals surface area contributed by atoms with Gasteiger partial charge in [-0.15, -0.1) is 0 Å². The molecule has 3 aromatic carbocycles. The van der Waals surface area contributed by atoms with Crippen molar-refractivity contribution >= 4 is 23.1 Å². The van der Waals surface area contributed by atoms with Gasteiger partial charge in [-0.2, -0.15) is 0 Å². The fraction of sp³-hybridized carbons (Fsp3) is 0.0833. The van der Waals surface area contributed by atoms with Crippen LogP contribution in [0.15, 0.2) is 96.2 Å². The maximum absolute atomic E-state index is 13.2. The molecule has 4 rings (SSSR count). The van der Waals surface area contributed by atoms with Gasteiger partial charge in [-0.3, -0.25) is 4.79 Å². The molecule has 1 heterocycles. The average molecular weight is 401 g/mol. The Morgan fingerprint density at radius 1 is 0.862 bits per heavy atom. The second-order valence-electron chi connectivity index (χ2n) is 6.75. The van der Waals surface area contributed by atoms with E-state index in [9.17, 15) is 4.79 Å². The van der Waals surface area contributed by atoms with E-state index in [0.717, 1.165) is 22.8 Å². The van der Waals surface area contributed by atoms with Crippen LogP contribution in [0, 0.1) is 0 Å². The minimum atomic E-state index is -0.331. The molecular weight excluding hydrogens is 380 g/mol. The first-order valence-electron chi connectivity index (χ1n) is 9.33. The van der Waals surface area contributed by atoms with Crippen LogP contribution in [-0.4, -0.2) is 10.9 Å². The van der Waals surface area contributed by atoms with Crippen LogP contribution in [0.3, 0.4) is 0 Å². The van der Waals surface area contributed by atoms with E-state index in [1.165, 1.54) is 0 Å². The number of thiocarbonyl (C=S) groups is 1. The minimum absolute atomic E-state index is 0.0276. The number of ketones is 1. The van der Waals surface area contributed by atoms with Crippen molar-refractivity contribution in [2.45, 2.75) is 13.0 Å². The number of hydrogen-bond donors (Lipinski definition) is 2. The highest BCUT2D eigenvalue weighted by molar-refractivity contribution is 7.80. The van der Waals surface area contributed by atoms with E-state index in [2.05, 4.69) is 10.6 Å². The van der Waals surface area contributed by atoms with E-state index in [1.54, 1.807) is 0 Å². The van der Waals surface area contributed by atoms with E-state index in [-0.39, 0.29) is 11.8 Å². The van der Waals surface area contributed by atoms with E-state index < -0.39 is 0 Å². The number of allylic oxidation sites excluding steroid dienone is 1. The van der Waals surface area contributed by atoms with Gasteiger partial charge in [0.2, 0.25) is 0 Å². The van der Waals surface area contributed by atoms with Gasteiger partial charge in [0.15, 0.2) is 10.9 Å². The van der Waals surface area contributed by atoms with Crippen molar-refractivity contribution in [2.24, 2.45) is 0 Å². The van der Waals surface area contributed by atoms with Crippen molar-refractivity contribution < 1.29 is 9.53 Å². The summed E-state index contributed by atoms with van der Waals surface area (Å²) >= 11 is 5.34. The number of Topliss-reactive ketones (excluding diaryl/α,β-unsaturated/α-hetero) is 1. The van der Waals surface area contributed by atoms with E-state index in [4.69, 9.17) is 17.0 Å². The van der Waals surface area contributed by atoms with Gasteiger partial charge >= 0.3 is 0 Å². The van der Waals surface area contributed by atoms with Crippen molar-refractivity contribution in [3.05, 3.63) is 107 Å². The number of hydrogen-bond acceptors (Lipinski definition) is 3. The number of para-hydroxylation sites is 1. The van der Waals surface area contributed by atoms with Crippen molar-refractivity contribution in [1.82, 2.24) is 10.6 Å². The van der Waals surface area contributed by atoms with E-state index in [1.807, 2.05) is 91.9 Å². The monoisotopic (exact) mass is 400 g/mol. The smallest absolute Gasteiger partial charge is 0.193 e. The predicted molar refractivity (Wildman–Crippen MR) is 118 cm³/mol. The highest BCUT2D eigenvalue weighted by Crippen LogP contribution is 2.31. The van der Waals surface area contributed by atoms with Gasteiger partial charge in [-0.25, -0.2) is 0 Å². The second kappa shape index (κ2) is 8.29. The third kappa shape index (κ3) is 4.20. The van der Waals surface area contributed by atoms with Gasteiger partial charge in [0, 0.05) is 16.8 Å². The molecule has 29 heavy (non-hydrogen) atoms. The number of benzene rings is 3. The zero-order chi connectivity index (χ0) is 20.2. The van der Waals surface area contributed by atoms with Gasteiger partial charge in [-0.05, 0) is 49.0 Å². The summed E-state index contributed by atoms with van der Waals surface area (Å²) in [5, 5.41) is 6.81. The molecule has 0 saturated carbocycles. The lowest BCUT2D eigenvalue weighted by molar-refractivity contribution is 0.102. The lowest BCUT2D eigenvalue weighted by Crippen LogP contribution is -2.44. The first-order valence-corrected chi connectivity index (χ1v) is 9.73. The van der Waals surface area contributed by atoms with Crippen LogP contribution in [0.1, 0.15) is 28.9 Å². The zero-order valence-electron chi connectivity index (χ0n) is 15.9. The summed E-state index contributed by atoms with van der Waals surface area (Å²) in [6, 6.07) is 26.3. The van der Waals surface area contributed by atoms with Crippen molar-refractivity contribution in [3.8, 4) is 11.5 Å². The summed E-state index contributed by atoms with van der Waals surface area (Å²) in [7, 11) is 0. The molecule has 0 unspecified atom stereocenters. The summed E-state index contributed by atoms with van der Waals surface area (Å²) in [6.07, 6.45) is 0. The molecule has 144 valence electrons. The van der Waals surface area contributed by atoms with Crippen molar-refractivity contribution in [2.75, 3.05) is 0 Å². The van der Waals surface area contributed by atoms with Gasteiger partial charge in [0.1, 0.15) is 11.5 Å². The average Bonchev–Trinajstić information content (AvgIpc) is 2.75. The van der Waals surface area contributed by atoms with Gasteiger partial charge in [0.25, 0.3) is 0 Å². The fourth-order valence-corrected chi connectivity index (χ4v) is 3.61. The summed E-state index contributed by atoms with van der Waals surface area (Å²) in [6.45, 7) is 1.88. The molecule has 1 aliphatic rings. The Morgan fingerprint density at radius 2 is 1.45 bits per heavy atom. The molecule has 0 saturated heterocycles. The number of nitrogens with one attached hydrogen (secondary N) is 2. The van der Waals surface area contributed by atoms with Crippen LogP contribution in [-0.2, 0) is 0 Å². The molecule has 1 atom stereocenters. The molecule has 0 spiro atoms. The molecule has 0 aliphatic carbocycles. The molecule has 2 N–H and O–H groups in total. The molecule has 3 aromatic rings. The maximum atomic E-state index is 13.2. The SMILES string of the molecule is CC1=C(C(=O)c2ccccc2)[C@H](c2ccc(Oc3ccccc3)cc2)NC(=S)N1. The molecule has 0 amide bonds. The van der Waals surface area contributed by atoms with Gasteiger partial charge in [0.05, 0.1) is 6.04 Å². The Morgan fingerprint density at radius 3 is 2.10 bits per heavy atom. The topological polar surface area (TPSA) is 50.4 Å². The lowest BCUT2D eigenvalue weighted by Gasteiger charge is -2.30. The first kappa shape index (κ1) is 18.9. The van der Waals surface area contributed by atoms with Crippen molar-refractivity contribution in [3.63, 3.8) is 0 Å². The normalized spacial score (nSPS) is 16.0. The van der Waals surface area contributed by atoms with Crippen LogP contribution in [0.4, 0.5) is 0 Å². The number of ether oxygens (including phenoxy) is 1. The third-order valence-electron chi connectivity index (χ3n) is 4.74. The van der Waals surface area contributed by atoms with E-state index >= 15 is 0 Å². The highest BCUT2D eigenvalue weighted by Gasteiger charge is 2.30. The van der Waals surface area contributed by atoms with E-state index in [0.29, 0.717) is 16.2 Å². The Balaban J connectivity index is 1.63. The van der Waals surface area contributed by atoms with Crippen LogP contribution in [0.5, 0.6) is 11.5 Å². The molecule has 0 aromatic heterocycles. The lowest BCUT2D eigenvalue weighted by atomic mass is 9.90. The Kier molecular flexibility index (Phi) is 5.40. The molecule has 1 aliphatic heterocycles. The third-order valence-corrected chi connectivity index (χ3v) is 4.96. The first-order chi connectivity index (χ1) is 14.1. The van der Waals surface area contributed by atoms with Crippen molar-refractivity contribution in [1.29, 1.82) is 0 Å². The summed E-state index contributed by atoms with van der Waals surface area (Å²) in [5.74, 6) is 1.48. The molecule has 4 nitrogen and oxygen atoms in total. The van der Waals surface area contributed by atoms with Crippen LogP contribution in [0.2, 0.25) is 0 Å². The molecule has 0 fully saturated rings. The summed E-state index contributed by atoms with van der Waals surface area (Å²) in [4.78, 5) is 13.2. The molecule has 0 radical (unpaired) electrons. The number of carbonyl (C=O) groups excluding carboxylic acids is 1. The maximum Gasteiger partial charge on any atom is 0.193 e. The highest BCUT2D eigenvalue weighted by atomic mass is 32.1. The van der Waals surface area contributed by atoms with Gasteiger partial charge < -0.3 is 15.4 Å². The predicted octanol–water partition coefficient (Wildman–Crippen LogP) is 5.15. The fourth-order valence-electron chi connectivity index (χ4n) is 3.34. The Hall–Kier alpha value is -3.44.